The number of nitrogens with one attached hydrogen (secondary N) is 1. The quantitative estimate of drug-likeness (QED) is 0.495. The molecule has 0 heterocycles. The molecule has 1 amide bonds. The average molecular weight is 112 g/mol. The van der Waals surface area contributed by atoms with Gasteiger partial charge in [-0.25, -0.2) is 0 Å². The first-order chi connectivity index (χ1) is 3.81. The van der Waals surface area contributed by atoms with Gasteiger partial charge in [0.1, 0.15) is 0 Å². The van der Waals surface area contributed by atoms with E-state index in [-0.39, 0.29) is 12.5 Å². The van der Waals surface area contributed by atoms with E-state index in [1.165, 1.54) is 6.29 Å². The molecule has 0 fully saturated rings. The van der Waals surface area contributed by atoms with Crippen LogP contribution in [0.25, 0.3) is 0 Å². The minimum Gasteiger partial charge on any atom is -0.345 e. The van der Waals surface area contributed by atoms with E-state index in [9.17, 15) is 9.59 Å². The van der Waals surface area contributed by atoms with Crippen LogP contribution >= 0.6 is 0 Å². The summed E-state index contributed by atoms with van der Waals surface area (Å²) in [5, 5.41) is 2.20. The van der Waals surface area contributed by atoms with Crippen LogP contribution in [0.2, 0.25) is 0 Å². The van der Waals surface area contributed by atoms with Gasteiger partial charge < -0.3 is 5.32 Å². The molecule has 0 aromatic rings. The summed E-state index contributed by atoms with van der Waals surface area (Å²) in [6.07, 6.45) is 2.60. The van der Waals surface area contributed by atoms with Crippen molar-refractivity contribution in [2.24, 2.45) is 0 Å². The Labute approximate surface area is 47.4 Å². The molecule has 8 heavy (non-hydrogen) atoms. The van der Waals surface area contributed by atoms with E-state index in [4.69, 9.17) is 0 Å². The predicted octanol–water partition coefficient (Wildman–Crippen LogP) is -0.602. The third-order valence-corrected chi connectivity index (χ3v) is 0.520. The molecule has 0 bridgehead atoms. The van der Waals surface area contributed by atoms with Crippen LogP contribution in [0.1, 0.15) is 0 Å². The number of hydrogen-bond acceptors (Lipinski definition) is 2. The van der Waals surface area contributed by atoms with Gasteiger partial charge in [-0.1, -0.05) is 6.58 Å². The molecule has 3 nitrogen and oxygen atoms in total. The molecule has 0 spiro atoms. The van der Waals surface area contributed by atoms with Crippen molar-refractivity contribution in [3.05, 3.63) is 12.7 Å². The number of rotatable bonds is 3. The van der Waals surface area contributed by atoms with Gasteiger partial charge in [-0.15, -0.1) is 0 Å². The standard InChI is InChI=1S/C5H6NO2/c1-2-5(8)6-3-4-7/h2H,1,3H2,(H,6,8). The molecule has 0 aliphatic carbocycles. The maximum atomic E-state index is 10.2. The fourth-order valence-electron chi connectivity index (χ4n) is 0.195. The van der Waals surface area contributed by atoms with Crippen molar-refractivity contribution in [3.63, 3.8) is 0 Å². The molecule has 0 rings (SSSR count). The highest BCUT2D eigenvalue weighted by Crippen LogP contribution is 1.60. The molecule has 43 valence electrons. The minimum absolute atomic E-state index is 0.0646. The zero-order chi connectivity index (χ0) is 6.41. The van der Waals surface area contributed by atoms with Gasteiger partial charge in [0.15, 0.2) is 0 Å². The molecule has 0 atom stereocenters. The van der Waals surface area contributed by atoms with Crippen molar-refractivity contribution in [2.75, 3.05) is 6.54 Å². The van der Waals surface area contributed by atoms with Crippen LogP contribution in [0.3, 0.4) is 0 Å². The highest BCUT2D eigenvalue weighted by Gasteiger charge is 1.87. The van der Waals surface area contributed by atoms with Crippen LogP contribution in [0.15, 0.2) is 12.7 Å². The van der Waals surface area contributed by atoms with Gasteiger partial charge in [-0.05, 0) is 6.08 Å². The Balaban J connectivity index is 3.24. The zero-order valence-corrected chi connectivity index (χ0v) is 4.31. The third kappa shape index (κ3) is 3.08. The molecule has 0 aliphatic heterocycles. The van der Waals surface area contributed by atoms with Crippen molar-refractivity contribution >= 4 is 12.2 Å². The molecule has 1 radical (unpaired) electrons. The van der Waals surface area contributed by atoms with Gasteiger partial charge >= 0.3 is 0 Å². The van der Waals surface area contributed by atoms with E-state index in [0.717, 1.165) is 6.08 Å². The second-order valence-corrected chi connectivity index (χ2v) is 1.07. The lowest BCUT2D eigenvalue weighted by Crippen LogP contribution is -2.22. The van der Waals surface area contributed by atoms with Gasteiger partial charge in [0.25, 0.3) is 0 Å². The lowest BCUT2D eigenvalue weighted by Gasteiger charge is -1.89. The lowest BCUT2D eigenvalue weighted by atomic mass is 10.5. The predicted molar refractivity (Wildman–Crippen MR) is 28.9 cm³/mol. The Morgan fingerprint density at radius 3 is 2.88 bits per heavy atom. The van der Waals surface area contributed by atoms with Crippen molar-refractivity contribution in [1.82, 2.24) is 5.32 Å². The van der Waals surface area contributed by atoms with Crippen molar-refractivity contribution in [2.45, 2.75) is 0 Å². The monoisotopic (exact) mass is 112 g/mol. The Hall–Kier alpha value is -1.12. The number of carbonyl (C=O) groups is 1. The highest BCUT2D eigenvalue weighted by atomic mass is 16.2. The van der Waals surface area contributed by atoms with Crippen LogP contribution in [-0.4, -0.2) is 18.7 Å². The molecule has 3 heteroatoms. The normalized spacial score (nSPS) is 7.50. The molecular formula is C5H6NO2. The van der Waals surface area contributed by atoms with Crippen LogP contribution in [0.5, 0.6) is 0 Å². The second-order valence-electron chi connectivity index (χ2n) is 1.07. The van der Waals surface area contributed by atoms with Gasteiger partial charge in [0.2, 0.25) is 12.2 Å². The van der Waals surface area contributed by atoms with Crippen molar-refractivity contribution in [3.8, 4) is 0 Å². The molecule has 0 aromatic carbocycles. The molecule has 0 aliphatic rings. The molecule has 0 saturated heterocycles. The Bertz CT molecular complexity index is 109. The SMILES string of the molecule is C=CC(=O)NC[C]=O. The Morgan fingerprint density at radius 2 is 2.50 bits per heavy atom. The average Bonchev–Trinajstić information content (AvgIpc) is 1.83. The maximum absolute atomic E-state index is 10.2. The first-order valence-electron chi connectivity index (χ1n) is 2.06. The zero-order valence-electron chi connectivity index (χ0n) is 4.31. The summed E-state index contributed by atoms with van der Waals surface area (Å²) in [7, 11) is 0. The molecule has 0 unspecified atom stereocenters. The van der Waals surface area contributed by atoms with E-state index in [1.54, 1.807) is 0 Å². The Morgan fingerprint density at radius 1 is 1.88 bits per heavy atom. The summed E-state index contributed by atoms with van der Waals surface area (Å²) >= 11 is 0. The van der Waals surface area contributed by atoms with Gasteiger partial charge in [0, 0.05) is 0 Å². The third-order valence-electron chi connectivity index (χ3n) is 0.520. The first-order valence-corrected chi connectivity index (χ1v) is 2.06. The summed E-state index contributed by atoms with van der Waals surface area (Å²) in [5.41, 5.74) is 0. The van der Waals surface area contributed by atoms with Crippen LogP contribution in [0.4, 0.5) is 0 Å². The fourth-order valence-corrected chi connectivity index (χ4v) is 0.195. The summed E-state index contributed by atoms with van der Waals surface area (Å²) in [5.74, 6) is -0.353. The lowest BCUT2D eigenvalue weighted by molar-refractivity contribution is -0.116. The van der Waals surface area contributed by atoms with Crippen molar-refractivity contribution in [1.29, 1.82) is 0 Å². The second kappa shape index (κ2) is 4.05. The molecule has 0 aromatic heterocycles. The van der Waals surface area contributed by atoms with Crippen LogP contribution < -0.4 is 5.32 Å². The van der Waals surface area contributed by atoms with Crippen LogP contribution in [0, 0.1) is 0 Å². The van der Waals surface area contributed by atoms with E-state index >= 15 is 0 Å². The van der Waals surface area contributed by atoms with Gasteiger partial charge in [-0.2, -0.15) is 0 Å². The number of hydrogen-bond donors (Lipinski definition) is 1. The van der Waals surface area contributed by atoms with Crippen LogP contribution in [-0.2, 0) is 9.59 Å². The summed E-state index contributed by atoms with van der Waals surface area (Å²) in [6.45, 7) is 3.11. The number of amides is 1. The fraction of sp³-hybridized carbons (Fsp3) is 0.200. The maximum Gasteiger partial charge on any atom is 0.243 e. The summed E-state index contributed by atoms with van der Waals surface area (Å²) in [4.78, 5) is 19.6. The van der Waals surface area contributed by atoms with Gasteiger partial charge in [-0.3, -0.25) is 9.59 Å². The highest BCUT2D eigenvalue weighted by molar-refractivity contribution is 5.88. The summed E-state index contributed by atoms with van der Waals surface area (Å²) in [6, 6.07) is 0. The summed E-state index contributed by atoms with van der Waals surface area (Å²) < 4.78 is 0. The number of carbonyl (C=O) groups excluding carboxylic acids is 2. The molecule has 0 saturated carbocycles. The topological polar surface area (TPSA) is 46.2 Å². The molecule has 1 N–H and O–H groups in total. The largest absolute Gasteiger partial charge is 0.345 e. The minimum atomic E-state index is -0.353. The van der Waals surface area contributed by atoms with E-state index in [1.807, 2.05) is 0 Å². The van der Waals surface area contributed by atoms with E-state index in [2.05, 4.69) is 11.9 Å². The molecular weight excluding hydrogens is 106 g/mol. The Kier molecular flexibility index (Phi) is 3.48. The van der Waals surface area contributed by atoms with E-state index in [0.29, 0.717) is 0 Å². The van der Waals surface area contributed by atoms with E-state index < -0.39 is 0 Å². The first kappa shape index (κ1) is 6.88. The van der Waals surface area contributed by atoms with Gasteiger partial charge in [0.05, 0.1) is 6.54 Å². The van der Waals surface area contributed by atoms with Crippen molar-refractivity contribution < 1.29 is 9.59 Å². The smallest absolute Gasteiger partial charge is 0.243 e.